The summed E-state index contributed by atoms with van der Waals surface area (Å²) in [5.74, 6) is 1.77. The number of imidazole rings is 1. The van der Waals surface area contributed by atoms with Gasteiger partial charge in [-0.2, -0.15) is 0 Å². The molecule has 15 heavy (non-hydrogen) atoms. The number of hydrogen-bond donors (Lipinski definition) is 2. The molecule has 4 nitrogen and oxygen atoms in total. The molecular formula is C10H12N4S. The van der Waals surface area contributed by atoms with Crippen LogP contribution in [-0.4, -0.2) is 21.2 Å². The van der Waals surface area contributed by atoms with Gasteiger partial charge >= 0.3 is 0 Å². The SMILES string of the molecule is CSc1ccc(NCc2ncc[nH]2)nc1. The van der Waals surface area contributed by atoms with E-state index in [0.29, 0.717) is 6.54 Å². The summed E-state index contributed by atoms with van der Waals surface area (Å²) in [4.78, 5) is 12.6. The highest BCUT2D eigenvalue weighted by Gasteiger charge is 1.96. The van der Waals surface area contributed by atoms with Crippen molar-refractivity contribution in [1.29, 1.82) is 0 Å². The molecule has 0 saturated heterocycles. The van der Waals surface area contributed by atoms with Gasteiger partial charge in [-0.3, -0.25) is 0 Å². The summed E-state index contributed by atoms with van der Waals surface area (Å²) in [6, 6.07) is 4.01. The first kappa shape index (κ1) is 10.0. The van der Waals surface area contributed by atoms with Crippen LogP contribution in [-0.2, 0) is 6.54 Å². The highest BCUT2D eigenvalue weighted by Crippen LogP contribution is 2.14. The summed E-state index contributed by atoms with van der Waals surface area (Å²) >= 11 is 1.68. The first-order chi connectivity index (χ1) is 7.38. The first-order valence-electron chi connectivity index (χ1n) is 4.60. The second kappa shape index (κ2) is 4.84. The molecule has 0 aliphatic rings. The van der Waals surface area contributed by atoms with Gasteiger partial charge in [0.2, 0.25) is 0 Å². The van der Waals surface area contributed by atoms with E-state index in [-0.39, 0.29) is 0 Å². The smallest absolute Gasteiger partial charge is 0.126 e. The van der Waals surface area contributed by atoms with Crippen LogP contribution in [0.1, 0.15) is 5.82 Å². The topological polar surface area (TPSA) is 53.6 Å². The summed E-state index contributed by atoms with van der Waals surface area (Å²) in [7, 11) is 0. The van der Waals surface area contributed by atoms with E-state index >= 15 is 0 Å². The van der Waals surface area contributed by atoms with E-state index in [1.165, 1.54) is 4.90 Å². The molecule has 0 amide bonds. The fourth-order valence-electron chi connectivity index (χ4n) is 1.17. The van der Waals surface area contributed by atoms with Gasteiger partial charge in [0.15, 0.2) is 0 Å². The third-order valence-electron chi connectivity index (χ3n) is 1.96. The number of rotatable bonds is 4. The van der Waals surface area contributed by atoms with Crippen LogP contribution in [0.5, 0.6) is 0 Å². The Morgan fingerprint density at radius 2 is 2.33 bits per heavy atom. The molecule has 78 valence electrons. The largest absolute Gasteiger partial charge is 0.363 e. The molecule has 0 unspecified atom stereocenters. The lowest BCUT2D eigenvalue weighted by atomic mass is 10.4. The van der Waals surface area contributed by atoms with Crippen molar-refractivity contribution in [2.45, 2.75) is 11.4 Å². The van der Waals surface area contributed by atoms with Crippen LogP contribution in [0.2, 0.25) is 0 Å². The molecular weight excluding hydrogens is 208 g/mol. The van der Waals surface area contributed by atoms with E-state index in [2.05, 4.69) is 20.3 Å². The Morgan fingerprint density at radius 3 is 2.93 bits per heavy atom. The Kier molecular flexibility index (Phi) is 3.24. The van der Waals surface area contributed by atoms with Crippen molar-refractivity contribution < 1.29 is 0 Å². The van der Waals surface area contributed by atoms with Gasteiger partial charge in [0.05, 0.1) is 6.54 Å². The molecule has 0 aromatic carbocycles. The Morgan fingerprint density at radius 1 is 1.40 bits per heavy atom. The maximum atomic E-state index is 4.28. The van der Waals surface area contributed by atoms with Crippen molar-refractivity contribution in [3.8, 4) is 0 Å². The molecule has 5 heteroatoms. The minimum atomic E-state index is 0.665. The normalized spacial score (nSPS) is 10.2. The zero-order chi connectivity index (χ0) is 10.5. The minimum Gasteiger partial charge on any atom is -0.363 e. The van der Waals surface area contributed by atoms with E-state index in [0.717, 1.165) is 11.6 Å². The van der Waals surface area contributed by atoms with E-state index < -0.39 is 0 Å². The fourth-order valence-corrected chi connectivity index (χ4v) is 1.54. The van der Waals surface area contributed by atoms with Crippen LogP contribution >= 0.6 is 11.8 Å². The van der Waals surface area contributed by atoms with Gasteiger partial charge in [0.1, 0.15) is 11.6 Å². The number of anilines is 1. The summed E-state index contributed by atoms with van der Waals surface area (Å²) in [6.45, 7) is 0.665. The van der Waals surface area contributed by atoms with E-state index in [9.17, 15) is 0 Å². The predicted octanol–water partition coefficient (Wildman–Crippen LogP) is 2.14. The third kappa shape index (κ3) is 2.73. The molecule has 2 aromatic rings. The fraction of sp³-hybridized carbons (Fsp3) is 0.200. The second-order valence-electron chi connectivity index (χ2n) is 2.97. The molecule has 0 aliphatic carbocycles. The van der Waals surface area contributed by atoms with Gasteiger partial charge in [0.25, 0.3) is 0 Å². The van der Waals surface area contributed by atoms with E-state index in [4.69, 9.17) is 0 Å². The first-order valence-corrected chi connectivity index (χ1v) is 5.83. The number of thioether (sulfide) groups is 1. The lowest BCUT2D eigenvalue weighted by Gasteiger charge is -2.03. The van der Waals surface area contributed by atoms with Crippen molar-refractivity contribution >= 4 is 17.6 Å². The maximum Gasteiger partial charge on any atom is 0.126 e. The molecule has 0 atom stereocenters. The number of hydrogen-bond acceptors (Lipinski definition) is 4. The van der Waals surface area contributed by atoms with Crippen molar-refractivity contribution in [2.24, 2.45) is 0 Å². The number of aromatic amines is 1. The van der Waals surface area contributed by atoms with Gasteiger partial charge in [-0.25, -0.2) is 9.97 Å². The zero-order valence-corrected chi connectivity index (χ0v) is 9.21. The third-order valence-corrected chi connectivity index (χ3v) is 2.68. The number of nitrogens with one attached hydrogen (secondary N) is 2. The van der Waals surface area contributed by atoms with E-state index in [1.54, 1.807) is 24.2 Å². The minimum absolute atomic E-state index is 0.665. The van der Waals surface area contributed by atoms with Crippen LogP contribution in [0.15, 0.2) is 35.6 Å². The monoisotopic (exact) mass is 220 g/mol. The molecule has 0 spiro atoms. The number of H-pyrrole nitrogens is 1. The molecule has 0 saturated carbocycles. The van der Waals surface area contributed by atoms with Gasteiger partial charge in [0, 0.05) is 23.5 Å². The molecule has 0 fully saturated rings. The average molecular weight is 220 g/mol. The molecule has 2 N–H and O–H groups in total. The molecule has 0 radical (unpaired) electrons. The Bertz CT molecular complexity index is 396. The van der Waals surface area contributed by atoms with Gasteiger partial charge in [-0.1, -0.05) is 0 Å². The number of nitrogens with zero attached hydrogens (tertiary/aromatic N) is 2. The molecule has 0 aliphatic heterocycles. The van der Waals surface area contributed by atoms with Crippen LogP contribution < -0.4 is 5.32 Å². The Balaban J connectivity index is 1.93. The summed E-state index contributed by atoms with van der Waals surface area (Å²) < 4.78 is 0. The van der Waals surface area contributed by atoms with Crippen LogP contribution in [0.3, 0.4) is 0 Å². The highest BCUT2D eigenvalue weighted by molar-refractivity contribution is 7.98. The zero-order valence-electron chi connectivity index (χ0n) is 8.40. The predicted molar refractivity (Wildman–Crippen MR) is 61.9 cm³/mol. The molecule has 2 aromatic heterocycles. The van der Waals surface area contributed by atoms with Gasteiger partial charge in [-0.05, 0) is 18.4 Å². The quantitative estimate of drug-likeness (QED) is 0.775. The standard InChI is InChI=1S/C10H12N4S/c1-15-8-2-3-9(13-6-8)14-7-10-11-4-5-12-10/h2-6H,7H2,1H3,(H,11,12)(H,13,14). The van der Waals surface area contributed by atoms with Crippen LogP contribution in [0, 0.1) is 0 Å². The van der Waals surface area contributed by atoms with Crippen LogP contribution in [0.25, 0.3) is 0 Å². The van der Waals surface area contributed by atoms with Crippen molar-refractivity contribution in [3.63, 3.8) is 0 Å². The van der Waals surface area contributed by atoms with Crippen molar-refractivity contribution in [2.75, 3.05) is 11.6 Å². The maximum absolute atomic E-state index is 4.28. The molecule has 2 rings (SSSR count). The van der Waals surface area contributed by atoms with Crippen LogP contribution in [0.4, 0.5) is 5.82 Å². The average Bonchev–Trinajstić information content (AvgIpc) is 2.80. The van der Waals surface area contributed by atoms with Crippen molar-refractivity contribution in [3.05, 3.63) is 36.5 Å². The summed E-state index contributed by atoms with van der Waals surface area (Å²) in [5, 5.41) is 3.18. The Hall–Kier alpha value is -1.49. The lowest BCUT2D eigenvalue weighted by Crippen LogP contribution is -2.02. The Labute approximate surface area is 92.5 Å². The lowest BCUT2D eigenvalue weighted by molar-refractivity contribution is 0.985. The molecule has 2 heterocycles. The summed E-state index contributed by atoms with van der Waals surface area (Å²) in [5.41, 5.74) is 0. The van der Waals surface area contributed by atoms with Gasteiger partial charge in [-0.15, -0.1) is 11.8 Å². The summed E-state index contributed by atoms with van der Waals surface area (Å²) in [6.07, 6.45) is 7.44. The number of aromatic nitrogens is 3. The van der Waals surface area contributed by atoms with Crippen molar-refractivity contribution in [1.82, 2.24) is 15.0 Å². The highest BCUT2D eigenvalue weighted by atomic mass is 32.2. The van der Waals surface area contributed by atoms with Gasteiger partial charge < -0.3 is 10.3 Å². The molecule has 0 bridgehead atoms. The second-order valence-corrected chi connectivity index (χ2v) is 3.85. The number of pyridine rings is 1. The van der Waals surface area contributed by atoms with E-state index in [1.807, 2.05) is 24.6 Å².